The van der Waals surface area contributed by atoms with Gasteiger partial charge in [0.15, 0.2) is 11.0 Å². The van der Waals surface area contributed by atoms with Crippen LogP contribution in [0, 0.1) is 0 Å². The maximum absolute atomic E-state index is 12.0. The third-order valence-electron chi connectivity index (χ3n) is 3.92. The van der Waals surface area contributed by atoms with Crippen molar-refractivity contribution in [2.45, 2.75) is 18.6 Å². The number of thioether (sulfide) groups is 1. The van der Waals surface area contributed by atoms with Crippen LogP contribution in [0.25, 0.3) is 11.4 Å². The Morgan fingerprint density at radius 1 is 1.18 bits per heavy atom. The van der Waals surface area contributed by atoms with Gasteiger partial charge in [-0.05, 0) is 36.8 Å². The average Bonchev–Trinajstić information content (AvgIpc) is 3.16. The lowest BCUT2D eigenvalue weighted by atomic mass is 10.2. The molecule has 1 amide bonds. The number of nitrogens with zero attached hydrogens (tertiary/aromatic N) is 4. The minimum Gasteiger partial charge on any atom is -0.497 e. The van der Waals surface area contributed by atoms with E-state index in [1.54, 1.807) is 13.3 Å². The molecule has 0 aliphatic carbocycles. The second-order valence-corrected chi connectivity index (χ2v) is 6.71. The Bertz CT molecular complexity index is 939. The predicted molar refractivity (Wildman–Crippen MR) is 111 cm³/mol. The van der Waals surface area contributed by atoms with Crippen molar-refractivity contribution in [3.8, 4) is 17.1 Å². The Morgan fingerprint density at radius 2 is 1.93 bits per heavy atom. The normalized spacial score (nSPS) is 10.9. The van der Waals surface area contributed by atoms with E-state index in [0.29, 0.717) is 11.7 Å². The molecule has 0 saturated heterocycles. The fraction of sp³-hybridized carbons (Fsp3) is 0.200. The SMILES string of the molecule is CCn1c(SCC(=O)N/N=C\c2ccccc2)nnc1-c1ccc(OC)cc1. The molecule has 28 heavy (non-hydrogen) atoms. The summed E-state index contributed by atoms with van der Waals surface area (Å²) in [6.45, 7) is 2.72. The Labute approximate surface area is 167 Å². The van der Waals surface area contributed by atoms with Gasteiger partial charge < -0.3 is 9.30 Å². The molecule has 1 heterocycles. The van der Waals surface area contributed by atoms with Gasteiger partial charge in [-0.25, -0.2) is 5.43 Å². The van der Waals surface area contributed by atoms with Gasteiger partial charge in [0, 0.05) is 12.1 Å². The quantitative estimate of drug-likeness (QED) is 0.360. The largest absolute Gasteiger partial charge is 0.497 e. The maximum atomic E-state index is 12.0. The summed E-state index contributed by atoms with van der Waals surface area (Å²) in [5, 5.41) is 13.2. The minimum absolute atomic E-state index is 0.200. The molecule has 0 bridgehead atoms. The zero-order valence-electron chi connectivity index (χ0n) is 15.7. The first-order valence-corrected chi connectivity index (χ1v) is 9.77. The number of hydrogen-bond donors (Lipinski definition) is 1. The summed E-state index contributed by atoms with van der Waals surface area (Å²) in [6, 6.07) is 17.2. The van der Waals surface area contributed by atoms with Crippen LogP contribution in [-0.2, 0) is 11.3 Å². The first kappa shape index (κ1) is 19.6. The fourth-order valence-corrected chi connectivity index (χ4v) is 3.31. The number of ether oxygens (including phenoxy) is 1. The molecule has 1 N–H and O–H groups in total. The number of hydrazone groups is 1. The number of rotatable bonds is 8. The monoisotopic (exact) mass is 395 g/mol. The van der Waals surface area contributed by atoms with Crippen molar-refractivity contribution in [2.24, 2.45) is 5.10 Å². The van der Waals surface area contributed by atoms with Gasteiger partial charge in [0.2, 0.25) is 0 Å². The highest BCUT2D eigenvalue weighted by Gasteiger charge is 2.14. The molecule has 0 fully saturated rings. The lowest BCUT2D eigenvalue weighted by Crippen LogP contribution is -2.20. The van der Waals surface area contributed by atoms with Crippen LogP contribution in [-0.4, -0.2) is 39.7 Å². The summed E-state index contributed by atoms with van der Waals surface area (Å²) >= 11 is 1.33. The topological polar surface area (TPSA) is 81.4 Å². The first-order chi connectivity index (χ1) is 13.7. The number of methoxy groups -OCH3 is 1. The number of carbonyl (C=O) groups excluding carboxylic acids is 1. The molecule has 0 radical (unpaired) electrons. The van der Waals surface area contributed by atoms with Gasteiger partial charge in [-0.15, -0.1) is 10.2 Å². The van der Waals surface area contributed by atoms with Gasteiger partial charge >= 0.3 is 0 Å². The number of benzene rings is 2. The molecule has 0 spiro atoms. The summed E-state index contributed by atoms with van der Waals surface area (Å²) in [7, 11) is 1.63. The van der Waals surface area contributed by atoms with Crippen molar-refractivity contribution in [3.63, 3.8) is 0 Å². The van der Waals surface area contributed by atoms with E-state index in [-0.39, 0.29) is 11.7 Å². The zero-order valence-corrected chi connectivity index (χ0v) is 16.5. The molecule has 0 aliphatic heterocycles. The molecule has 2 aromatic carbocycles. The van der Waals surface area contributed by atoms with Crippen LogP contribution in [0.4, 0.5) is 0 Å². The molecule has 144 valence electrons. The highest BCUT2D eigenvalue weighted by atomic mass is 32.2. The Hall–Kier alpha value is -3.13. The van der Waals surface area contributed by atoms with Crippen LogP contribution in [0.5, 0.6) is 5.75 Å². The highest BCUT2D eigenvalue weighted by molar-refractivity contribution is 7.99. The zero-order chi connectivity index (χ0) is 19.8. The summed E-state index contributed by atoms with van der Waals surface area (Å²) in [4.78, 5) is 12.0. The van der Waals surface area contributed by atoms with Crippen molar-refractivity contribution >= 4 is 23.9 Å². The van der Waals surface area contributed by atoms with Crippen LogP contribution in [0.1, 0.15) is 12.5 Å². The number of carbonyl (C=O) groups is 1. The summed E-state index contributed by atoms with van der Waals surface area (Å²) in [6.07, 6.45) is 1.61. The number of nitrogens with one attached hydrogen (secondary N) is 1. The van der Waals surface area contributed by atoms with Crippen LogP contribution in [0.15, 0.2) is 64.9 Å². The highest BCUT2D eigenvalue weighted by Crippen LogP contribution is 2.25. The smallest absolute Gasteiger partial charge is 0.250 e. The maximum Gasteiger partial charge on any atom is 0.250 e. The number of amides is 1. The molecule has 3 rings (SSSR count). The van der Waals surface area contributed by atoms with Crippen LogP contribution < -0.4 is 10.2 Å². The molecule has 0 unspecified atom stereocenters. The van der Waals surface area contributed by atoms with Crippen molar-refractivity contribution in [2.75, 3.05) is 12.9 Å². The van der Waals surface area contributed by atoms with E-state index in [0.717, 1.165) is 22.7 Å². The standard InChI is InChI=1S/C20H21N5O2S/c1-3-25-19(16-9-11-17(27-2)12-10-16)23-24-20(25)28-14-18(26)22-21-13-15-7-5-4-6-8-15/h4-13H,3,14H2,1-2H3,(H,22,26)/b21-13-. The average molecular weight is 395 g/mol. The summed E-state index contributed by atoms with van der Waals surface area (Å²) < 4.78 is 7.17. The Morgan fingerprint density at radius 3 is 2.61 bits per heavy atom. The van der Waals surface area contributed by atoms with Gasteiger partial charge in [-0.3, -0.25) is 4.79 Å². The predicted octanol–water partition coefficient (Wildman–Crippen LogP) is 3.22. The molecule has 1 aromatic heterocycles. The van der Waals surface area contributed by atoms with Gasteiger partial charge in [0.1, 0.15) is 5.75 Å². The molecule has 3 aromatic rings. The van der Waals surface area contributed by atoms with Gasteiger partial charge in [0.05, 0.1) is 19.1 Å². The van der Waals surface area contributed by atoms with Crippen molar-refractivity contribution in [1.82, 2.24) is 20.2 Å². The van der Waals surface area contributed by atoms with E-state index < -0.39 is 0 Å². The second kappa shape index (κ2) is 9.70. The van der Waals surface area contributed by atoms with Crippen LogP contribution >= 0.6 is 11.8 Å². The Balaban J connectivity index is 1.60. The summed E-state index contributed by atoms with van der Waals surface area (Å²) in [5.74, 6) is 1.55. The second-order valence-electron chi connectivity index (χ2n) is 5.77. The van der Waals surface area contributed by atoms with E-state index in [2.05, 4.69) is 20.7 Å². The molecular weight excluding hydrogens is 374 g/mol. The number of hydrogen-bond acceptors (Lipinski definition) is 6. The van der Waals surface area contributed by atoms with Crippen molar-refractivity contribution in [1.29, 1.82) is 0 Å². The molecule has 0 saturated carbocycles. The molecule has 0 aliphatic rings. The van der Waals surface area contributed by atoms with Crippen molar-refractivity contribution in [3.05, 3.63) is 60.2 Å². The van der Waals surface area contributed by atoms with E-state index in [1.165, 1.54) is 11.8 Å². The van der Waals surface area contributed by atoms with Gasteiger partial charge in [0.25, 0.3) is 5.91 Å². The van der Waals surface area contributed by atoms with Crippen LogP contribution in [0.3, 0.4) is 0 Å². The third-order valence-corrected chi connectivity index (χ3v) is 4.88. The lowest BCUT2D eigenvalue weighted by Gasteiger charge is -2.07. The Kier molecular flexibility index (Phi) is 6.80. The molecule has 0 atom stereocenters. The molecule has 7 nitrogen and oxygen atoms in total. The van der Waals surface area contributed by atoms with Crippen LogP contribution in [0.2, 0.25) is 0 Å². The van der Waals surface area contributed by atoms with E-state index in [9.17, 15) is 4.79 Å². The third kappa shape index (κ3) is 4.98. The van der Waals surface area contributed by atoms with Gasteiger partial charge in [-0.2, -0.15) is 5.10 Å². The van der Waals surface area contributed by atoms with E-state index >= 15 is 0 Å². The number of aromatic nitrogens is 3. The van der Waals surface area contributed by atoms with Crippen molar-refractivity contribution < 1.29 is 9.53 Å². The van der Waals surface area contributed by atoms with E-state index in [4.69, 9.17) is 4.74 Å². The fourth-order valence-electron chi connectivity index (χ4n) is 2.51. The lowest BCUT2D eigenvalue weighted by molar-refractivity contribution is -0.118. The first-order valence-electron chi connectivity index (χ1n) is 8.78. The van der Waals surface area contributed by atoms with Gasteiger partial charge in [-0.1, -0.05) is 42.1 Å². The molecular formula is C20H21N5O2S. The van der Waals surface area contributed by atoms with E-state index in [1.807, 2.05) is 66.1 Å². The minimum atomic E-state index is -0.200. The summed E-state index contributed by atoms with van der Waals surface area (Å²) in [5.41, 5.74) is 4.39. The molecule has 8 heteroatoms.